The van der Waals surface area contributed by atoms with Gasteiger partial charge in [0.05, 0.1) is 31.2 Å². The first-order chi connectivity index (χ1) is 13.5. The number of nitrogens with zero attached hydrogens (tertiary/aromatic N) is 5. The fourth-order valence-electron chi connectivity index (χ4n) is 2.89. The average molecular weight is 408 g/mol. The van der Waals surface area contributed by atoms with E-state index in [0.717, 1.165) is 0 Å². The van der Waals surface area contributed by atoms with E-state index in [1.165, 1.54) is 22.8 Å². The number of ether oxygens (including phenoxy) is 1. The van der Waals surface area contributed by atoms with Crippen molar-refractivity contribution in [3.05, 3.63) is 35.9 Å². The molecule has 1 amide bonds. The number of nitrogens with one attached hydrogen (secondary N) is 1. The van der Waals surface area contributed by atoms with Crippen LogP contribution in [-0.2, 0) is 16.1 Å². The Hall–Kier alpha value is -2.79. The highest BCUT2D eigenvalue weighted by Gasteiger charge is 2.22. The lowest BCUT2D eigenvalue weighted by atomic mass is 10.2. The zero-order valence-corrected chi connectivity index (χ0v) is 16.2. The lowest BCUT2D eigenvalue weighted by Crippen LogP contribution is -2.34. The van der Waals surface area contributed by atoms with Crippen LogP contribution in [0.5, 0.6) is 0 Å². The number of carbonyl (C=O) groups excluding carboxylic acids is 1. The fourth-order valence-corrected chi connectivity index (χ4v) is 2.96. The predicted molar refractivity (Wildman–Crippen MR) is 103 cm³/mol. The highest BCUT2D eigenvalue weighted by Crippen LogP contribution is 2.23. The molecule has 28 heavy (non-hydrogen) atoms. The van der Waals surface area contributed by atoms with Crippen molar-refractivity contribution in [2.24, 2.45) is 0 Å². The lowest BCUT2D eigenvalue weighted by Gasteiger charge is -2.23. The van der Waals surface area contributed by atoms with Gasteiger partial charge in [0.1, 0.15) is 18.2 Å². The lowest BCUT2D eigenvalue weighted by molar-refractivity contribution is -0.133. The van der Waals surface area contributed by atoms with Gasteiger partial charge in [-0.1, -0.05) is 5.21 Å². The molecule has 0 saturated carbocycles. The summed E-state index contributed by atoms with van der Waals surface area (Å²) in [5.41, 5.74) is 1.56. The number of amides is 1. The summed E-state index contributed by atoms with van der Waals surface area (Å²) in [6.07, 6.45) is 1.90. The summed E-state index contributed by atoms with van der Waals surface area (Å²) in [6, 6.07) is 4.77. The highest BCUT2D eigenvalue weighted by atomic mass is 32.1. The Kier molecular flexibility index (Phi) is 6.37. The number of carbonyl (C=O) groups is 1. The summed E-state index contributed by atoms with van der Waals surface area (Å²) < 4.78 is 21.1. The van der Waals surface area contributed by atoms with Crippen molar-refractivity contribution in [3.63, 3.8) is 0 Å². The van der Waals surface area contributed by atoms with Crippen LogP contribution in [0.1, 0.15) is 12.1 Å². The Balaban J connectivity index is 1.71. The summed E-state index contributed by atoms with van der Waals surface area (Å²) in [7, 11) is 1.47. The van der Waals surface area contributed by atoms with Crippen molar-refractivity contribution >= 4 is 29.0 Å². The molecule has 1 aromatic heterocycles. The molecule has 0 aliphatic carbocycles. The number of methoxy groups -OCH3 is 1. The molecule has 2 N–H and O–H groups in total. The molecule has 0 spiro atoms. The Bertz CT molecular complexity index is 861. The number of hydrogen-bond donors (Lipinski definition) is 2. The molecule has 2 aromatic rings. The van der Waals surface area contributed by atoms with Crippen LogP contribution in [0.15, 0.2) is 24.4 Å². The van der Waals surface area contributed by atoms with Crippen LogP contribution < -0.4 is 10.2 Å². The van der Waals surface area contributed by atoms with Crippen LogP contribution in [-0.4, -0.2) is 69.6 Å². The average Bonchev–Trinajstić information content (AvgIpc) is 3.10. The van der Waals surface area contributed by atoms with Gasteiger partial charge in [0.25, 0.3) is 5.17 Å². The Morgan fingerprint density at radius 3 is 2.93 bits per heavy atom. The van der Waals surface area contributed by atoms with Crippen LogP contribution in [0.3, 0.4) is 0 Å². The van der Waals surface area contributed by atoms with Crippen LogP contribution >= 0.6 is 12.2 Å². The molecule has 11 heteroatoms. The van der Waals surface area contributed by atoms with Crippen molar-refractivity contribution in [3.8, 4) is 5.69 Å². The first-order valence-electron chi connectivity index (χ1n) is 8.68. The van der Waals surface area contributed by atoms with E-state index in [4.69, 9.17) is 17.0 Å². The minimum Gasteiger partial charge on any atom is -0.474 e. The smallest absolute Gasteiger partial charge is 0.256 e. The van der Waals surface area contributed by atoms with Gasteiger partial charge in [-0.25, -0.2) is 9.07 Å². The molecular weight excluding hydrogens is 387 g/mol. The third kappa shape index (κ3) is 4.54. The van der Waals surface area contributed by atoms with E-state index in [9.17, 15) is 14.3 Å². The number of thiocarbonyl (C=S) groups is 1. The second kappa shape index (κ2) is 8.93. The minimum absolute atomic E-state index is 0.140. The van der Waals surface area contributed by atoms with Gasteiger partial charge in [-0.05, 0) is 24.4 Å². The molecule has 1 fully saturated rings. The Morgan fingerprint density at radius 2 is 2.21 bits per heavy atom. The molecular formula is C17H21FN6O3S. The molecule has 150 valence electrons. The topological polar surface area (TPSA) is 95.8 Å². The molecule has 1 saturated heterocycles. The number of benzene rings is 1. The molecule has 3 rings (SSSR count). The maximum absolute atomic E-state index is 14.7. The molecule has 0 unspecified atom stereocenters. The summed E-state index contributed by atoms with van der Waals surface area (Å²) in [4.78, 5) is 15.0. The van der Waals surface area contributed by atoms with E-state index >= 15 is 0 Å². The van der Waals surface area contributed by atoms with Crippen molar-refractivity contribution in [2.45, 2.75) is 13.0 Å². The van der Waals surface area contributed by atoms with E-state index in [0.29, 0.717) is 43.2 Å². The summed E-state index contributed by atoms with van der Waals surface area (Å²) in [6.45, 7) is 1.20. The predicted octanol–water partition coefficient (Wildman–Crippen LogP) is 0.416. The van der Waals surface area contributed by atoms with E-state index < -0.39 is 5.82 Å². The van der Waals surface area contributed by atoms with Crippen LogP contribution in [0, 0.1) is 5.82 Å². The second-order valence-electron chi connectivity index (χ2n) is 6.17. The van der Waals surface area contributed by atoms with E-state index in [1.54, 1.807) is 23.2 Å². The van der Waals surface area contributed by atoms with E-state index in [-0.39, 0.29) is 24.2 Å². The van der Waals surface area contributed by atoms with Crippen LogP contribution in [0.2, 0.25) is 0 Å². The number of anilines is 1. The SMILES string of the molecule is COC(=S)NCc1cn(-c2ccc(N3CCC(=O)N(CO)CC3)c(F)c2)nn1. The maximum atomic E-state index is 14.7. The van der Waals surface area contributed by atoms with Crippen LogP contribution in [0.4, 0.5) is 10.1 Å². The number of rotatable bonds is 5. The van der Waals surface area contributed by atoms with Gasteiger partial charge in [0.15, 0.2) is 0 Å². The minimum atomic E-state index is -0.418. The summed E-state index contributed by atoms with van der Waals surface area (Å²) in [5, 5.41) is 20.3. The van der Waals surface area contributed by atoms with Gasteiger partial charge in [0, 0.05) is 32.1 Å². The zero-order chi connectivity index (χ0) is 20.1. The molecule has 0 atom stereocenters. The number of aromatic nitrogens is 3. The maximum Gasteiger partial charge on any atom is 0.256 e. The summed E-state index contributed by atoms with van der Waals surface area (Å²) in [5.74, 6) is -0.558. The van der Waals surface area contributed by atoms with Gasteiger partial charge in [-0.2, -0.15) is 0 Å². The molecule has 0 radical (unpaired) electrons. The first-order valence-corrected chi connectivity index (χ1v) is 9.09. The van der Waals surface area contributed by atoms with Gasteiger partial charge >= 0.3 is 0 Å². The normalized spacial score (nSPS) is 14.8. The number of aliphatic hydroxyl groups is 1. The quantitative estimate of drug-likeness (QED) is 0.688. The first kappa shape index (κ1) is 20.0. The Labute approximate surface area is 166 Å². The standard InChI is InChI=1S/C17H21FN6O3S/c1-27-17(28)19-9-12-10-24(21-20-12)13-2-3-15(14(18)8-13)22-5-4-16(26)23(11-25)7-6-22/h2-3,8,10,25H,4-7,9,11H2,1H3,(H,19,28). The van der Waals surface area contributed by atoms with Gasteiger partial charge in [-0.15, -0.1) is 5.10 Å². The molecule has 9 nitrogen and oxygen atoms in total. The monoisotopic (exact) mass is 408 g/mol. The molecule has 2 heterocycles. The van der Waals surface area contributed by atoms with Crippen LogP contribution in [0.25, 0.3) is 5.69 Å². The van der Waals surface area contributed by atoms with Gasteiger partial charge in [0.2, 0.25) is 5.91 Å². The fraction of sp³-hybridized carbons (Fsp3) is 0.412. The summed E-state index contributed by atoms with van der Waals surface area (Å²) >= 11 is 4.90. The second-order valence-corrected chi connectivity index (χ2v) is 6.54. The van der Waals surface area contributed by atoms with Crippen molar-refractivity contribution in [1.29, 1.82) is 0 Å². The van der Waals surface area contributed by atoms with Crippen molar-refractivity contribution in [2.75, 3.05) is 38.4 Å². The van der Waals surface area contributed by atoms with E-state index in [1.807, 2.05) is 0 Å². The number of aliphatic hydroxyl groups excluding tert-OH is 1. The molecule has 1 aliphatic rings. The highest BCUT2D eigenvalue weighted by molar-refractivity contribution is 7.80. The van der Waals surface area contributed by atoms with Crippen molar-refractivity contribution < 1.29 is 19.0 Å². The number of hydrogen-bond acceptors (Lipinski definition) is 7. The third-order valence-electron chi connectivity index (χ3n) is 4.44. The number of halogens is 1. The van der Waals surface area contributed by atoms with Crippen molar-refractivity contribution in [1.82, 2.24) is 25.2 Å². The molecule has 0 bridgehead atoms. The zero-order valence-electron chi connectivity index (χ0n) is 15.3. The third-order valence-corrected chi connectivity index (χ3v) is 4.75. The molecule has 1 aliphatic heterocycles. The Morgan fingerprint density at radius 1 is 1.39 bits per heavy atom. The molecule has 1 aromatic carbocycles. The largest absolute Gasteiger partial charge is 0.474 e. The van der Waals surface area contributed by atoms with Gasteiger partial charge < -0.3 is 25.0 Å². The van der Waals surface area contributed by atoms with E-state index in [2.05, 4.69) is 15.6 Å². The van der Waals surface area contributed by atoms with Gasteiger partial charge in [-0.3, -0.25) is 4.79 Å².